The maximum atomic E-state index is 8.24. The van der Waals surface area contributed by atoms with Crippen LogP contribution >= 0.6 is 0 Å². The molecule has 0 aromatic carbocycles. The van der Waals surface area contributed by atoms with Crippen molar-refractivity contribution < 1.29 is 9.84 Å². The molecule has 0 bridgehead atoms. The van der Waals surface area contributed by atoms with E-state index < -0.39 is 0 Å². The SMILES string of the molecule is CC.CCCCOCCO. The van der Waals surface area contributed by atoms with Gasteiger partial charge in [0.2, 0.25) is 0 Å². The van der Waals surface area contributed by atoms with Crippen LogP contribution in [0.1, 0.15) is 33.6 Å². The van der Waals surface area contributed by atoms with Crippen LogP contribution in [0.15, 0.2) is 0 Å². The van der Waals surface area contributed by atoms with Gasteiger partial charge in [0, 0.05) is 6.61 Å². The Morgan fingerprint density at radius 3 is 2.20 bits per heavy atom. The first kappa shape index (κ1) is 12.6. The number of hydrogen-bond donors (Lipinski definition) is 1. The van der Waals surface area contributed by atoms with Crippen LogP contribution in [-0.4, -0.2) is 24.9 Å². The molecule has 64 valence electrons. The molecule has 0 aromatic rings. The van der Waals surface area contributed by atoms with Crippen molar-refractivity contribution in [2.75, 3.05) is 19.8 Å². The molecule has 10 heavy (non-hydrogen) atoms. The maximum absolute atomic E-state index is 8.24. The normalized spacial score (nSPS) is 8.40. The van der Waals surface area contributed by atoms with Gasteiger partial charge >= 0.3 is 0 Å². The van der Waals surface area contributed by atoms with E-state index in [0.717, 1.165) is 19.4 Å². The van der Waals surface area contributed by atoms with Crippen LogP contribution in [-0.2, 0) is 4.74 Å². The first-order chi connectivity index (χ1) is 4.91. The number of aliphatic hydroxyl groups excluding tert-OH is 1. The third-order valence-corrected chi connectivity index (χ3v) is 0.878. The van der Waals surface area contributed by atoms with Crippen LogP contribution in [0.4, 0.5) is 0 Å². The molecule has 1 N–H and O–H groups in total. The van der Waals surface area contributed by atoms with E-state index in [9.17, 15) is 0 Å². The monoisotopic (exact) mass is 148 g/mol. The smallest absolute Gasteiger partial charge is 0.0697 e. The van der Waals surface area contributed by atoms with E-state index in [0.29, 0.717) is 6.61 Å². The summed E-state index contributed by atoms with van der Waals surface area (Å²) in [5.41, 5.74) is 0. The zero-order valence-corrected chi connectivity index (χ0v) is 7.39. The summed E-state index contributed by atoms with van der Waals surface area (Å²) in [7, 11) is 0. The van der Waals surface area contributed by atoms with E-state index in [4.69, 9.17) is 9.84 Å². The van der Waals surface area contributed by atoms with Gasteiger partial charge in [0.15, 0.2) is 0 Å². The third kappa shape index (κ3) is 15.7. The molecule has 0 saturated heterocycles. The Morgan fingerprint density at radius 2 is 1.80 bits per heavy atom. The molecule has 0 rings (SSSR count). The highest BCUT2D eigenvalue weighted by Crippen LogP contribution is 1.85. The van der Waals surface area contributed by atoms with Crippen molar-refractivity contribution in [2.24, 2.45) is 0 Å². The number of unbranched alkanes of at least 4 members (excludes halogenated alkanes) is 1. The summed E-state index contributed by atoms with van der Waals surface area (Å²) >= 11 is 0. The first-order valence-corrected chi connectivity index (χ1v) is 4.10. The highest BCUT2D eigenvalue weighted by atomic mass is 16.5. The fourth-order valence-corrected chi connectivity index (χ4v) is 0.413. The summed E-state index contributed by atoms with van der Waals surface area (Å²) in [6.45, 7) is 7.53. The zero-order chi connectivity index (χ0) is 8.24. The molecule has 2 heteroatoms. The quantitative estimate of drug-likeness (QED) is 0.603. The Morgan fingerprint density at radius 1 is 1.20 bits per heavy atom. The van der Waals surface area contributed by atoms with E-state index in [2.05, 4.69) is 6.92 Å². The highest BCUT2D eigenvalue weighted by Gasteiger charge is 1.82. The third-order valence-electron chi connectivity index (χ3n) is 0.878. The number of aliphatic hydroxyl groups is 1. The Hall–Kier alpha value is -0.0800. The number of ether oxygens (including phenoxy) is 1. The summed E-state index contributed by atoms with van der Waals surface area (Å²) in [5.74, 6) is 0. The van der Waals surface area contributed by atoms with Crippen LogP contribution < -0.4 is 0 Å². The molecule has 0 aliphatic carbocycles. The molecular formula is C8H20O2. The molecule has 2 nitrogen and oxygen atoms in total. The van der Waals surface area contributed by atoms with Crippen molar-refractivity contribution in [2.45, 2.75) is 33.6 Å². The average molecular weight is 148 g/mol. The van der Waals surface area contributed by atoms with Crippen molar-refractivity contribution in [3.8, 4) is 0 Å². The van der Waals surface area contributed by atoms with Crippen LogP contribution in [0, 0.1) is 0 Å². The van der Waals surface area contributed by atoms with Gasteiger partial charge in [-0.2, -0.15) is 0 Å². The van der Waals surface area contributed by atoms with Gasteiger partial charge in [0.05, 0.1) is 13.2 Å². The fraction of sp³-hybridized carbons (Fsp3) is 1.00. The van der Waals surface area contributed by atoms with Gasteiger partial charge in [-0.05, 0) is 6.42 Å². The molecule has 0 spiro atoms. The van der Waals surface area contributed by atoms with Crippen LogP contribution in [0.25, 0.3) is 0 Å². The molecule has 0 atom stereocenters. The summed E-state index contributed by atoms with van der Waals surface area (Å²) in [6.07, 6.45) is 2.26. The average Bonchev–Trinajstić information content (AvgIpc) is 2.02. The molecule has 0 unspecified atom stereocenters. The minimum Gasteiger partial charge on any atom is -0.394 e. The van der Waals surface area contributed by atoms with Crippen molar-refractivity contribution in [3.63, 3.8) is 0 Å². The highest BCUT2D eigenvalue weighted by molar-refractivity contribution is 4.30. The summed E-state index contributed by atoms with van der Waals surface area (Å²) < 4.78 is 4.97. The van der Waals surface area contributed by atoms with Crippen LogP contribution in [0.2, 0.25) is 0 Å². The van der Waals surface area contributed by atoms with Crippen molar-refractivity contribution in [1.29, 1.82) is 0 Å². The second-order valence-corrected chi connectivity index (χ2v) is 1.69. The lowest BCUT2D eigenvalue weighted by Crippen LogP contribution is -1.99. The Bertz CT molecular complexity index is 32.2. The molecule has 0 amide bonds. The Balaban J connectivity index is 0. The number of hydrogen-bond acceptors (Lipinski definition) is 2. The lowest BCUT2D eigenvalue weighted by Gasteiger charge is -1.97. The van der Waals surface area contributed by atoms with Gasteiger partial charge in [-0.25, -0.2) is 0 Å². The topological polar surface area (TPSA) is 29.5 Å². The van der Waals surface area contributed by atoms with E-state index in [1.54, 1.807) is 0 Å². The molecule has 0 aliphatic heterocycles. The van der Waals surface area contributed by atoms with Gasteiger partial charge in [-0.15, -0.1) is 0 Å². The summed E-state index contributed by atoms with van der Waals surface area (Å²) in [4.78, 5) is 0. The van der Waals surface area contributed by atoms with Crippen molar-refractivity contribution >= 4 is 0 Å². The van der Waals surface area contributed by atoms with Crippen LogP contribution in [0.3, 0.4) is 0 Å². The Labute approximate surface area is 64.2 Å². The molecule has 0 aromatic heterocycles. The standard InChI is InChI=1S/C6H14O2.C2H6/c1-2-3-5-8-6-4-7;1-2/h7H,2-6H2,1H3;1-2H3. The first-order valence-electron chi connectivity index (χ1n) is 4.10. The second-order valence-electron chi connectivity index (χ2n) is 1.69. The molecular weight excluding hydrogens is 128 g/mol. The largest absolute Gasteiger partial charge is 0.394 e. The van der Waals surface area contributed by atoms with E-state index in [1.807, 2.05) is 13.8 Å². The zero-order valence-electron chi connectivity index (χ0n) is 7.39. The predicted octanol–water partition coefficient (Wildman–Crippen LogP) is 1.82. The van der Waals surface area contributed by atoms with Gasteiger partial charge < -0.3 is 9.84 Å². The minimum atomic E-state index is 0.143. The second kappa shape index (κ2) is 16.0. The maximum Gasteiger partial charge on any atom is 0.0697 e. The van der Waals surface area contributed by atoms with Gasteiger partial charge in [-0.1, -0.05) is 27.2 Å². The molecule has 0 fully saturated rings. The van der Waals surface area contributed by atoms with E-state index in [1.165, 1.54) is 0 Å². The lowest BCUT2D eigenvalue weighted by molar-refractivity contribution is 0.0904. The molecule has 0 heterocycles. The van der Waals surface area contributed by atoms with Gasteiger partial charge in [0.25, 0.3) is 0 Å². The fourth-order valence-electron chi connectivity index (χ4n) is 0.413. The number of rotatable bonds is 5. The summed E-state index contributed by atoms with van der Waals surface area (Å²) in [6, 6.07) is 0. The predicted molar refractivity (Wildman–Crippen MR) is 44.2 cm³/mol. The minimum absolute atomic E-state index is 0.143. The van der Waals surface area contributed by atoms with Gasteiger partial charge in [-0.3, -0.25) is 0 Å². The summed E-state index contributed by atoms with van der Waals surface area (Å²) in [5, 5.41) is 8.24. The van der Waals surface area contributed by atoms with E-state index >= 15 is 0 Å². The molecule has 0 aliphatic rings. The molecule has 0 radical (unpaired) electrons. The van der Waals surface area contributed by atoms with Gasteiger partial charge in [0.1, 0.15) is 0 Å². The van der Waals surface area contributed by atoms with Crippen molar-refractivity contribution in [1.82, 2.24) is 0 Å². The Kier molecular flexibility index (Phi) is 20.1. The van der Waals surface area contributed by atoms with Crippen LogP contribution in [0.5, 0.6) is 0 Å². The van der Waals surface area contributed by atoms with E-state index in [-0.39, 0.29) is 6.61 Å². The molecule has 0 saturated carbocycles. The lowest BCUT2D eigenvalue weighted by atomic mass is 10.4. The van der Waals surface area contributed by atoms with Crippen molar-refractivity contribution in [3.05, 3.63) is 0 Å².